The Morgan fingerprint density at radius 3 is 2.52 bits per heavy atom. The molecule has 2 N–H and O–H groups in total. The van der Waals surface area contributed by atoms with Crippen LogP contribution < -0.4 is 20.1 Å². The normalized spacial score (nSPS) is 10.6. The lowest BCUT2D eigenvalue weighted by molar-refractivity contribution is 0.195. The van der Waals surface area contributed by atoms with Gasteiger partial charge >= 0.3 is 0 Å². The third-order valence-electron chi connectivity index (χ3n) is 3.48. The van der Waals surface area contributed by atoms with Crippen molar-refractivity contribution in [2.24, 2.45) is 4.99 Å². The first-order valence-electron chi connectivity index (χ1n) is 7.98. The van der Waals surface area contributed by atoms with Gasteiger partial charge in [0.05, 0.1) is 14.2 Å². The number of halogens is 1. The number of hydrogen-bond acceptors (Lipinski definition) is 4. The molecule has 1 rings (SSSR count). The molecule has 0 aliphatic rings. The number of hydrogen-bond donors (Lipinski definition) is 2. The highest BCUT2D eigenvalue weighted by molar-refractivity contribution is 14.0. The van der Waals surface area contributed by atoms with Crippen LogP contribution in [0.25, 0.3) is 0 Å². The molecule has 142 valence electrons. The topological polar surface area (TPSA) is 64.1 Å². The molecule has 0 atom stereocenters. The van der Waals surface area contributed by atoms with Gasteiger partial charge in [-0.05, 0) is 30.5 Å². The van der Waals surface area contributed by atoms with Crippen LogP contribution in [0.5, 0.6) is 11.5 Å². The van der Waals surface area contributed by atoms with Gasteiger partial charge in [0.25, 0.3) is 0 Å². The molecule has 1 aromatic carbocycles. The minimum Gasteiger partial charge on any atom is -0.493 e. The Morgan fingerprint density at radius 2 is 1.96 bits per heavy atom. The quantitative estimate of drug-likeness (QED) is 0.184. The number of aliphatic imine (C=N–C) groups is 1. The molecule has 0 saturated heterocycles. The van der Waals surface area contributed by atoms with Gasteiger partial charge in [0.2, 0.25) is 0 Å². The zero-order valence-electron chi connectivity index (χ0n) is 15.6. The van der Waals surface area contributed by atoms with Crippen molar-refractivity contribution in [2.75, 3.05) is 41.5 Å². The van der Waals surface area contributed by atoms with E-state index in [1.807, 2.05) is 12.1 Å². The fourth-order valence-corrected chi connectivity index (χ4v) is 2.35. The Hall–Kier alpha value is -1.48. The van der Waals surface area contributed by atoms with Crippen molar-refractivity contribution in [3.63, 3.8) is 0 Å². The van der Waals surface area contributed by atoms with Crippen molar-refractivity contribution in [3.05, 3.63) is 35.9 Å². The molecule has 6 nitrogen and oxygen atoms in total. The Labute approximate surface area is 168 Å². The average molecular weight is 463 g/mol. The van der Waals surface area contributed by atoms with Crippen LogP contribution in [-0.2, 0) is 17.7 Å². The van der Waals surface area contributed by atoms with E-state index in [9.17, 15) is 0 Å². The van der Waals surface area contributed by atoms with E-state index < -0.39 is 0 Å². The van der Waals surface area contributed by atoms with Gasteiger partial charge in [-0.2, -0.15) is 0 Å². The molecule has 0 aliphatic carbocycles. The summed E-state index contributed by atoms with van der Waals surface area (Å²) in [6.07, 6.45) is 3.50. The number of benzene rings is 1. The van der Waals surface area contributed by atoms with E-state index in [2.05, 4.69) is 28.3 Å². The fraction of sp³-hybridized carbons (Fsp3) is 0.500. The van der Waals surface area contributed by atoms with Gasteiger partial charge in [-0.25, -0.2) is 0 Å². The summed E-state index contributed by atoms with van der Waals surface area (Å²) in [4.78, 5) is 4.22. The van der Waals surface area contributed by atoms with E-state index >= 15 is 0 Å². The van der Waals surface area contributed by atoms with Gasteiger partial charge in [-0.3, -0.25) is 4.99 Å². The van der Waals surface area contributed by atoms with Gasteiger partial charge in [-0.1, -0.05) is 6.08 Å². The molecular weight excluding hydrogens is 433 g/mol. The zero-order chi connectivity index (χ0) is 17.8. The van der Waals surface area contributed by atoms with Crippen molar-refractivity contribution in [3.8, 4) is 11.5 Å². The molecule has 0 heterocycles. The number of nitrogens with one attached hydrogen (secondary N) is 2. The van der Waals surface area contributed by atoms with Crippen LogP contribution in [0.1, 0.15) is 17.5 Å². The molecular formula is C18H30IN3O3. The standard InChI is InChI=1S/C18H29N3O3.HI/c1-6-8-15-11-14(12-16(23-4)17(15)24-5)13-21-18(19-2)20-9-7-10-22-3;/h6,11-12H,1,7-10,13H2,2-5H3,(H2,19,20,21);1H. The largest absolute Gasteiger partial charge is 0.493 e. The highest BCUT2D eigenvalue weighted by atomic mass is 127. The maximum Gasteiger partial charge on any atom is 0.191 e. The molecule has 7 heteroatoms. The Bertz CT molecular complexity index is 551. The van der Waals surface area contributed by atoms with E-state index in [4.69, 9.17) is 14.2 Å². The maximum atomic E-state index is 5.46. The minimum atomic E-state index is 0. The number of allylic oxidation sites excluding steroid dienone is 1. The molecule has 0 saturated carbocycles. The highest BCUT2D eigenvalue weighted by Gasteiger charge is 2.11. The van der Waals surface area contributed by atoms with Crippen LogP contribution in [0.4, 0.5) is 0 Å². The van der Waals surface area contributed by atoms with Crippen LogP contribution in [0.2, 0.25) is 0 Å². The number of rotatable bonds is 10. The molecule has 1 aromatic rings. The summed E-state index contributed by atoms with van der Waals surface area (Å²) in [5.41, 5.74) is 2.14. The summed E-state index contributed by atoms with van der Waals surface area (Å²) in [7, 11) is 6.74. The predicted molar refractivity (Wildman–Crippen MR) is 114 cm³/mol. The van der Waals surface area contributed by atoms with Gasteiger partial charge in [0.15, 0.2) is 17.5 Å². The van der Waals surface area contributed by atoms with E-state index in [1.54, 1.807) is 28.4 Å². The highest BCUT2D eigenvalue weighted by Crippen LogP contribution is 2.33. The number of methoxy groups -OCH3 is 3. The first-order chi connectivity index (χ1) is 11.7. The minimum absolute atomic E-state index is 0. The second kappa shape index (κ2) is 13.8. The molecule has 0 aromatic heterocycles. The first kappa shape index (κ1) is 23.5. The summed E-state index contributed by atoms with van der Waals surface area (Å²) in [5, 5.41) is 6.55. The van der Waals surface area contributed by atoms with E-state index in [0.29, 0.717) is 6.54 Å². The summed E-state index contributed by atoms with van der Waals surface area (Å²) >= 11 is 0. The SMILES string of the molecule is C=CCc1cc(CNC(=NC)NCCCOC)cc(OC)c1OC.I. The van der Waals surface area contributed by atoms with Gasteiger partial charge in [0.1, 0.15) is 0 Å². The van der Waals surface area contributed by atoms with Crippen LogP contribution in [0, 0.1) is 0 Å². The van der Waals surface area contributed by atoms with Crippen LogP contribution in [-0.4, -0.2) is 47.5 Å². The van der Waals surface area contributed by atoms with E-state index in [-0.39, 0.29) is 24.0 Å². The lowest BCUT2D eigenvalue weighted by atomic mass is 10.1. The summed E-state index contributed by atoms with van der Waals surface area (Å²) < 4.78 is 15.9. The molecule has 0 spiro atoms. The van der Waals surface area contributed by atoms with Crippen LogP contribution in [0.3, 0.4) is 0 Å². The molecule has 0 bridgehead atoms. The number of ether oxygens (including phenoxy) is 3. The Kier molecular flexibility index (Phi) is 13.0. The fourth-order valence-electron chi connectivity index (χ4n) is 2.35. The van der Waals surface area contributed by atoms with Crippen molar-refractivity contribution in [1.82, 2.24) is 10.6 Å². The molecule has 0 unspecified atom stereocenters. The second-order valence-electron chi connectivity index (χ2n) is 5.18. The molecule has 0 aliphatic heterocycles. The van der Waals surface area contributed by atoms with E-state index in [1.165, 1.54) is 0 Å². The smallest absolute Gasteiger partial charge is 0.191 e. The average Bonchev–Trinajstić information content (AvgIpc) is 2.61. The second-order valence-corrected chi connectivity index (χ2v) is 5.18. The third kappa shape index (κ3) is 7.96. The van der Waals surface area contributed by atoms with Crippen molar-refractivity contribution in [1.29, 1.82) is 0 Å². The van der Waals surface area contributed by atoms with Crippen molar-refractivity contribution in [2.45, 2.75) is 19.4 Å². The molecule has 0 amide bonds. The Morgan fingerprint density at radius 1 is 1.20 bits per heavy atom. The van der Waals surface area contributed by atoms with Crippen molar-refractivity contribution >= 4 is 29.9 Å². The third-order valence-corrected chi connectivity index (χ3v) is 3.48. The van der Waals surface area contributed by atoms with E-state index in [0.717, 1.165) is 54.6 Å². The Balaban J connectivity index is 0.00000576. The summed E-state index contributed by atoms with van der Waals surface area (Å²) in [6.45, 7) is 5.97. The predicted octanol–water partition coefficient (Wildman–Crippen LogP) is 2.75. The van der Waals surface area contributed by atoms with Gasteiger partial charge in [0, 0.05) is 39.4 Å². The maximum absolute atomic E-state index is 5.46. The molecule has 0 fully saturated rings. The first-order valence-corrected chi connectivity index (χ1v) is 7.98. The van der Waals surface area contributed by atoms with Crippen LogP contribution >= 0.6 is 24.0 Å². The van der Waals surface area contributed by atoms with Crippen LogP contribution in [0.15, 0.2) is 29.8 Å². The van der Waals surface area contributed by atoms with Gasteiger partial charge in [-0.15, -0.1) is 30.6 Å². The summed E-state index contributed by atoms with van der Waals surface area (Å²) in [5.74, 6) is 2.23. The zero-order valence-corrected chi connectivity index (χ0v) is 17.9. The lowest BCUT2D eigenvalue weighted by Gasteiger charge is -2.16. The van der Waals surface area contributed by atoms with Crippen molar-refractivity contribution < 1.29 is 14.2 Å². The van der Waals surface area contributed by atoms with Gasteiger partial charge < -0.3 is 24.8 Å². The molecule has 25 heavy (non-hydrogen) atoms. The summed E-state index contributed by atoms with van der Waals surface area (Å²) in [6, 6.07) is 4.06. The lowest BCUT2D eigenvalue weighted by Crippen LogP contribution is -2.37. The molecule has 0 radical (unpaired) electrons. The monoisotopic (exact) mass is 463 g/mol. The number of nitrogens with zero attached hydrogens (tertiary/aromatic N) is 1. The number of guanidine groups is 1.